The third kappa shape index (κ3) is 5.24. The lowest BCUT2D eigenvalue weighted by Crippen LogP contribution is -2.45. The van der Waals surface area contributed by atoms with Crippen molar-refractivity contribution in [1.82, 2.24) is 0 Å². The van der Waals surface area contributed by atoms with Gasteiger partial charge >= 0.3 is 0 Å². The maximum absolute atomic E-state index is 10.4. The average molecular weight is 661 g/mol. The van der Waals surface area contributed by atoms with Gasteiger partial charge in [-0.2, -0.15) is 42.1 Å². The van der Waals surface area contributed by atoms with E-state index in [1.165, 1.54) is 14.2 Å². The molecular weight excluding hydrogens is 632 g/mol. The summed E-state index contributed by atoms with van der Waals surface area (Å²) in [5, 5.41) is 82.8. The fourth-order valence-electron chi connectivity index (χ4n) is 7.09. The molecule has 1 aliphatic heterocycles. The van der Waals surface area contributed by atoms with Crippen LogP contribution in [0.4, 0.5) is 0 Å². The zero-order valence-corrected chi connectivity index (χ0v) is 27.2. The molecule has 2 aromatic carbocycles. The number of nitriles is 8. The van der Waals surface area contributed by atoms with Crippen LogP contribution >= 0.6 is 0 Å². The maximum Gasteiger partial charge on any atom is 0.179 e. The molecular formula is C38H28N8O4. The Bertz CT molecular complexity index is 1940. The van der Waals surface area contributed by atoms with Crippen molar-refractivity contribution in [2.24, 2.45) is 21.7 Å². The van der Waals surface area contributed by atoms with Crippen LogP contribution < -0.4 is 9.47 Å². The summed E-state index contributed by atoms with van der Waals surface area (Å²) in [5.41, 5.74) is -5.22. The van der Waals surface area contributed by atoms with Gasteiger partial charge in [0.05, 0.1) is 76.0 Å². The normalized spacial score (nSPS) is 22.7. The summed E-state index contributed by atoms with van der Waals surface area (Å²) in [6, 6.07) is 29.7. The summed E-state index contributed by atoms with van der Waals surface area (Å²) in [6.07, 6.45) is -3.15. The molecule has 50 heavy (non-hydrogen) atoms. The van der Waals surface area contributed by atoms with Gasteiger partial charge in [-0.15, -0.1) is 0 Å². The summed E-state index contributed by atoms with van der Waals surface area (Å²) in [7, 11) is 2.99. The summed E-state index contributed by atoms with van der Waals surface area (Å²) in [4.78, 5) is 0. The van der Waals surface area contributed by atoms with Crippen molar-refractivity contribution in [3.05, 3.63) is 82.0 Å². The second-order valence-electron chi connectivity index (χ2n) is 12.4. The lowest BCUT2D eigenvalue weighted by Gasteiger charge is -2.43. The standard InChI is InChI=1S/C38H28N8O4/c1-47-29-7-3-5-25(9-29)33-31-13-37(21-43,22-44)35(17-39,18-40)11-27(31)16-50-34(26-6-4-8-30(10-26)48-2)32-14-38(23-45,24-46)36(19-41,20-42)12-28(32)15-49-33/h3-10,33-34H,11-16H2,1-2H3. The predicted octanol–water partition coefficient (Wildman–Crippen LogP) is 5.85. The van der Waals surface area contributed by atoms with Gasteiger partial charge in [-0.1, -0.05) is 24.3 Å². The van der Waals surface area contributed by atoms with Crippen LogP contribution in [0.1, 0.15) is 49.0 Å². The van der Waals surface area contributed by atoms with Crippen LogP contribution in [0.2, 0.25) is 0 Å². The molecule has 0 saturated heterocycles. The Labute approximate surface area is 289 Å². The minimum Gasteiger partial charge on any atom is -0.497 e. The van der Waals surface area contributed by atoms with Gasteiger partial charge in [0.1, 0.15) is 23.7 Å². The average Bonchev–Trinajstić information content (AvgIpc) is 3.18. The van der Waals surface area contributed by atoms with Crippen LogP contribution in [0.5, 0.6) is 11.5 Å². The molecule has 0 saturated carbocycles. The number of nitrogens with zero attached hydrogens (tertiary/aromatic N) is 8. The summed E-state index contributed by atoms with van der Waals surface area (Å²) >= 11 is 0. The maximum atomic E-state index is 10.4. The molecule has 2 aliphatic carbocycles. The second-order valence-corrected chi connectivity index (χ2v) is 12.4. The van der Waals surface area contributed by atoms with Crippen molar-refractivity contribution in [3.8, 4) is 60.1 Å². The molecule has 12 heteroatoms. The van der Waals surface area contributed by atoms with E-state index in [1.54, 1.807) is 48.5 Å². The molecule has 2 atom stereocenters. The molecule has 2 aromatic rings. The topological polar surface area (TPSA) is 227 Å². The van der Waals surface area contributed by atoms with Crippen molar-refractivity contribution in [3.63, 3.8) is 0 Å². The van der Waals surface area contributed by atoms with Gasteiger partial charge in [0.15, 0.2) is 21.7 Å². The van der Waals surface area contributed by atoms with E-state index in [9.17, 15) is 42.1 Å². The lowest BCUT2D eigenvalue weighted by molar-refractivity contribution is 0.0454. The predicted molar refractivity (Wildman–Crippen MR) is 171 cm³/mol. The van der Waals surface area contributed by atoms with Crippen LogP contribution in [0.3, 0.4) is 0 Å². The smallest absolute Gasteiger partial charge is 0.179 e. The monoisotopic (exact) mass is 660 g/mol. The van der Waals surface area contributed by atoms with Gasteiger partial charge in [0.25, 0.3) is 0 Å². The van der Waals surface area contributed by atoms with E-state index in [0.717, 1.165) is 0 Å². The fraction of sp³-hybridized carbons (Fsp3) is 0.368. The van der Waals surface area contributed by atoms with E-state index in [2.05, 4.69) is 0 Å². The molecule has 5 rings (SSSR count). The second kappa shape index (κ2) is 13.5. The molecule has 12 nitrogen and oxygen atoms in total. The molecule has 0 N–H and O–H groups in total. The van der Waals surface area contributed by atoms with Crippen LogP contribution in [0.25, 0.3) is 0 Å². The van der Waals surface area contributed by atoms with Gasteiger partial charge in [-0.05, 0) is 57.7 Å². The molecule has 0 aromatic heterocycles. The molecule has 3 aliphatic rings. The zero-order chi connectivity index (χ0) is 36.2. The van der Waals surface area contributed by atoms with E-state index in [1.807, 2.05) is 48.6 Å². The van der Waals surface area contributed by atoms with Gasteiger partial charge in [-0.3, -0.25) is 0 Å². The van der Waals surface area contributed by atoms with E-state index in [-0.39, 0.29) is 38.9 Å². The highest BCUT2D eigenvalue weighted by Crippen LogP contribution is 2.58. The molecule has 244 valence electrons. The van der Waals surface area contributed by atoms with Crippen LogP contribution in [-0.2, 0) is 9.47 Å². The zero-order valence-electron chi connectivity index (χ0n) is 27.2. The van der Waals surface area contributed by atoms with E-state index >= 15 is 0 Å². The molecule has 2 unspecified atom stereocenters. The summed E-state index contributed by atoms with van der Waals surface area (Å²) in [6.45, 7) is -0.409. The van der Waals surface area contributed by atoms with E-state index < -0.39 is 33.9 Å². The number of hydrogen-bond donors (Lipinski definition) is 0. The number of benzene rings is 2. The highest BCUT2D eigenvalue weighted by molar-refractivity contribution is 5.49. The number of methoxy groups -OCH3 is 2. The Morgan fingerprint density at radius 2 is 0.840 bits per heavy atom. The Balaban J connectivity index is 1.80. The van der Waals surface area contributed by atoms with Crippen LogP contribution in [0.15, 0.2) is 70.8 Å². The third-order valence-corrected chi connectivity index (χ3v) is 10.0. The van der Waals surface area contributed by atoms with E-state index in [0.29, 0.717) is 44.9 Å². The van der Waals surface area contributed by atoms with E-state index in [4.69, 9.17) is 18.9 Å². The van der Waals surface area contributed by atoms with Crippen molar-refractivity contribution in [2.45, 2.75) is 37.9 Å². The lowest BCUT2D eigenvalue weighted by atomic mass is 9.56. The highest BCUT2D eigenvalue weighted by Gasteiger charge is 2.61. The Morgan fingerprint density at radius 1 is 0.520 bits per heavy atom. The molecule has 0 amide bonds. The van der Waals surface area contributed by atoms with Crippen molar-refractivity contribution in [2.75, 3.05) is 27.4 Å². The quantitative estimate of drug-likeness (QED) is 0.352. The van der Waals surface area contributed by atoms with Gasteiger partial charge in [-0.25, -0.2) is 0 Å². The molecule has 0 fully saturated rings. The van der Waals surface area contributed by atoms with Crippen LogP contribution in [0, 0.1) is 112 Å². The molecule has 0 radical (unpaired) electrons. The first kappa shape index (κ1) is 34.7. The first-order chi connectivity index (χ1) is 24.2. The largest absolute Gasteiger partial charge is 0.497 e. The molecule has 1 heterocycles. The van der Waals surface area contributed by atoms with Gasteiger partial charge in [0.2, 0.25) is 0 Å². The van der Waals surface area contributed by atoms with Gasteiger partial charge in [0, 0.05) is 25.7 Å². The third-order valence-electron chi connectivity index (χ3n) is 10.0. The minimum atomic E-state index is -2.06. The number of ether oxygens (including phenoxy) is 4. The Morgan fingerprint density at radius 3 is 1.14 bits per heavy atom. The van der Waals surface area contributed by atoms with Crippen molar-refractivity contribution >= 4 is 0 Å². The Hall–Kier alpha value is -6.64. The molecule has 0 spiro atoms. The minimum absolute atomic E-state index is 0.205. The van der Waals surface area contributed by atoms with Crippen LogP contribution in [-0.4, -0.2) is 27.4 Å². The first-order valence-corrected chi connectivity index (χ1v) is 15.4. The van der Waals surface area contributed by atoms with Crippen molar-refractivity contribution in [1.29, 1.82) is 42.1 Å². The first-order valence-electron chi connectivity index (χ1n) is 15.4. The molecule has 0 bridgehead atoms. The number of hydrogen-bond acceptors (Lipinski definition) is 12. The number of rotatable bonds is 4. The fourth-order valence-corrected chi connectivity index (χ4v) is 7.09. The van der Waals surface area contributed by atoms with Gasteiger partial charge < -0.3 is 18.9 Å². The SMILES string of the molecule is COc1cccc(C2OCC3=C(CC(C#N)(C#N)C(C#N)(C#N)C3)C(c3cccc(OC)c3)OCC3=C2CC(C#N)(C#N)C(C#N)(C#N)C3)c1. The highest BCUT2D eigenvalue weighted by atomic mass is 16.5. The van der Waals surface area contributed by atoms with Crippen molar-refractivity contribution < 1.29 is 18.9 Å². The summed E-state index contributed by atoms with van der Waals surface area (Å²) in [5.74, 6) is 0.980. The summed E-state index contributed by atoms with van der Waals surface area (Å²) < 4.78 is 24.3. The Kier molecular flexibility index (Phi) is 9.34.